The van der Waals surface area contributed by atoms with Gasteiger partial charge in [-0.3, -0.25) is 4.98 Å². The van der Waals surface area contributed by atoms with E-state index in [9.17, 15) is 13.2 Å². The standard InChI is InChI=1S/C13H7F3N2/c14-13(15,16)12-4-2-1-3-11(12)10-5-9(6-17)7-18-8-10/h1-5,7-8H. The molecule has 0 saturated carbocycles. The summed E-state index contributed by atoms with van der Waals surface area (Å²) >= 11 is 0. The zero-order valence-corrected chi connectivity index (χ0v) is 9.07. The number of halogens is 3. The summed E-state index contributed by atoms with van der Waals surface area (Å²) in [5.41, 5.74) is -0.206. The molecule has 0 unspecified atom stereocenters. The van der Waals surface area contributed by atoms with Crippen LogP contribution in [0.2, 0.25) is 0 Å². The third-order valence-electron chi connectivity index (χ3n) is 2.41. The molecule has 0 aliphatic rings. The lowest BCUT2D eigenvalue weighted by Crippen LogP contribution is -2.06. The van der Waals surface area contributed by atoms with Crippen LogP contribution in [0.1, 0.15) is 11.1 Å². The average Bonchev–Trinajstić information content (AvgIpc) is 2.38. The van der Waals surface area contributed by atoms with Gasteiger partial charge in [-0.25, -0.2) is 0 Å². The first-order valence-electron chi connectivity index (χ1n) is 5.04. The Kier molecular flexibility index (Phi) is 3.02. The second-order valence-electron chi connectivity index (χ2n) is 3.62. The first-order chi connectivity index (χ1) is 8.52. The van der Waals surface area contributed by atoms with Crippen molar-refractivity contribution in [3.8, 4) is 17.2 Å². The number of hydrogen-bond acceptors (Lipinski definition) is 2. The largest absolute Gasteiger partial charge is 0.417 e. The molecule has 0 fully saturated rings. The van der Waals surface area contributed by atoms with Gasteiger partial charge in [0.15, 0.2) is 0 Å². The molecule has 0 amide bonds. The van der Waals surface area contributed by atoms with Crippen molar-refractivity contribution in [2.45, 2.75) is 6.18 Å². The topological polar surface area (TPSA) is 36.7 Å². The smallest absolute Gasteiger partial charge is 0.263 e. The Balaban J connectivity index is 2.61. The zero-order valence-electron chi connectivity index (χ0n) is 9.07. The summed E-state index contributed by atoms with van der Waals surface area (Å²) in [6.45, 7) is 0. The van der Waals surface area contributed by atoms with Gasteiger partial charge >= 0.3 is 6.18 Å². The Morgan fingerprint density at radius 3 is 2.50 bits per heavy atom. The van der Waals surface area contributed by atoms with E-state index in [4.69, 9.17) is 5.26 Å². The number of aromatic nitrogens is 1. The van der Waals surface area contributed by atoms with E-state index < -0.39 is 11.7 Å². The fourth-order valence-electron chi connectivity index (χ4n) is 1.63. The van der Waals surface area contributed by atoms with Crippen LogP contribution in [0.3, 0.4) is 0 Å². The van der Waals surface area contributed by atoms with Gasteiger partial charge in [0.05, 0.1) is 11.1 Å². The minimum atomic E-state index is -4.43. The van der Waals surface area contributed by atoms with Crippen LogP contribution >= 0.6 is 0 Å². The van der Waals surface area contributed by atoms with Crippen molar-refractivity contribution in [1.82, 2.24) is 4.98 Å². The molecule has 90 valence electrons. The van der Waals surface area contributed by atoms with Crippen LogP contribution in [0.5, 0.6) is 0 Å². The Morgan fingerprint density at radius 1 is 1.11 bits per heavy atom. The summed E-state index contributed by atoms with van der Waals surface area (Å²) in [5.74, 6) is 0. The molecule has 2 nitrogen and oxygen atoms in total. The van der Waals surface area contributed by atoms with Gasteiger partial charge in [0, 0.05) is 18.0 Å². The number of alkyl halides is 3. The zero-order chi connectivity index (χ0) is 13.2. The third-order valence-corrected chi connectivity index (χ3v) is 2.41. The lowest BCUT2D eigenvalue weighted by molar-refractivity contribution is -0.137. The average molecular weight is 248 g/mol. The second-order valence-corrected chi connectivity index (χ2v) is 3.62. The molecule has 5 heteroatoms. The van der Waals surface area contributed by atoms with Crippen LogP contribution in [-0.2, 0) is 6.18 Å². The van der Waals surface area contributed by atoms with E-state index in [2.05, 4.69) is 4.98 Å². The molecule has 18 heavy (non-hydrogen) atoms. The summed E-state index contributed by atoms with van der Waals surface area (Å²) in [7, 11) is 0. The van der Waals surface area contributed by atoms with Crippen molar-refractivity contribution in [3.05, 3.63) is 53.9 Å². The molecule has 0 saturated heterocycles. The minimum absolute atomic E-state index is 0.0228. The van der Waals surface area contributed by atoms with E-state index in [0.717, 1.165) is 6.07 Å². The van der Waals surface area contributed by atoms with E-state index in [1.54, 1.807) is 0 Å². The van der Waals surface area contributed by atoms with Crippen molar-refractivity contribution in [2.75, 3.05) is 0 Å². The molecule has 1 heterocycles. The van der Waals surface area contributed by atoms with Crippen molar-refractivity contribution in [2.24, 2.45) is 0 Å². The minimum Gasteiger partial charge on any atom is -0.263 e. The van der Waals surface area contributed by atoms with Crippen molar-refractivity contribution >= 4 is 0 Å². The van der Waals surface area contributed by atoms with Crippen LogP contribution in [0.25, 0.3) is 11.1 Å². The highest BCUT2D eigenvalue weighted by Gasteiger charge is 2.33. The van der Waals surface area contributed by atoms with Crippen molar-refractivity contribution < 1.29 is 13.2 Å². The van der Waals surface area contributed by atoms with Crippen LogP contribution in [-0.4, -0.2) is 4.98 Å². The maximum absolute atomic E-state index is 12.8. The molecule has 0 N–H and O–H groups in total. The molecule has 2 aromatic rings. The normalized spacial score (nSPS) is 11.0. The molecular formula is C13H7F3N2. The number of hydrogen-bond donors (Lipinski definition) is 0. The van der Waals surface area contributed by atoms with E-state index in [0.29, 0.717) is 0 Å². The molecular weight excluding hydrogens is 241 g/mol. The summed E-state index contributed by atoms with van der Waals surface area (Å²) in [5, 5.41) is 8.73. The molecule has 1 aromatic heterocycles. The summed E-state index contributed by atoms with van der Waals surface area (Å²) in [6, 6.07) is 8.45. The SMILES string of the molecule is N#Cc1cncc(-c2ccccc2C(F)(F)F)c1. The van der Waals surface area contributed by atoms with Gasteiger partial charge in [-0.1, -0.05) is 18.2 Å². The Labute approximate surface area is 101 Å². The molecule has 0 spiro atoms. The first-order valence-corrected chi connectivity index (χ1v) is 5.04. The van der Waals surface area contributed by atoms with Crippen molar-refractivity contribution in [1.29, 1.82) is 5.26 Å². The molecule has 1 aromatic carbocycles. The molecule has 0 radical (unpaired) electrons. The Morgan fingerprint density at radius 2 is 1.83 bits per heavy atom. The van der Waals surface area contributed by atoms with Crippen molar-refractivity contribution in [3.63, 3.8) is 0 Å². The Bertz CT molecular complexity index is 612. The van der Waals surface area contributed by atoms with Gasteiger partial charge in [-0.05, 0) is 17.7 Å². The molecule has 2 rings (SSSR count). The van der Waals surface area contributed by atoms with E-state index >= 15 is 0 Å². The van der Waals surface area contributed by atoms with Gasteiger partial charge in [0.2, 0.25) is 0 Å². The number of nitrogens with zero attached hydrogens (tertiary/aromatic N) is 2. The van der Waals surface area contributed by atoms with Crippen LogP contribution in [0, 0.1) is 11.3 Å². The lowest BCUT2D eigenvalue weighted by Gasteiger charge is -2.12. The van der Waals surface area contributed by atoms with E-state index in [1.165, 1.54) is 36.7 Å². The van der Waals surface area contributed by atoms with Gasteiger partial charge in [-0.15, -0.1) is 0 Å². The van der Waals surface area contributed by atoms with E-state index in [1.807, 2.05) is 6.07 Å². The highest BCUT2D eigenvalue weighted by Crippen LogP contribution is 2.36. The quantitative estimate of drug-likeness (QED) is 0.772. The number of pyridine rings is 1. The predicted octanol–water partition coefficient (Wildman–Crippen LogP) is 3.64. The summed E-state index contributed by atoms with van der Waals surface area (Å²) in [6.07, 6.45) is -1.82. The predicted molar refractivity (Wildman–Crippen MR) is 59.4 cm³/mol. The summed E-state index contributed by atoms with van der Waals surface area (Å²) < 4.78 is 38.5. The number of benzene rings is 1. The lowest BCUT2D eigenvalue weighted by atomic mass is 10.00. The van der Waals surface area contributed by atoms with Crippen LogP contribution in [0.15, 0.2) is 42.7 Å². The van der Waals surface area contributed by atoms with Gasteiger partial charge < -0.3 is 0 Å². The maximum Gasteiger partial charge on any atom is 0.417 e. The molecule has 0 atom stereocenters. The van der Waals surface area contributed by atoms with Crippen LogP contribution in [0.4, 0.5) is 13.2 Å². The number of nitriles is 1. The van der Waals surface area contributed by atoms with Gasteiger partial charge in [0.1, 0.15) is 6.07 Å². The molecule has 0 aliphatic carbocycles. The fraction of sp³-hybridized carbons (Fsp3) is 0.0769. The highest BCUT2D eigenvalue weighted by molar-refractivity contribution is 5.68. The second kappa shape index (κ2) is 4.49. The van der Waals surface area contributed by atoms with Crippen LogP contribution < -0.4 is 0 Å². The first kappa shape index (κ1) is 12.1. The molecule has 0 aliphatic heterocycles. The number of rotatable bonds is 1. The molecule has 0 bridgehead atoms. The highest BCUT2D eigenvalue weighted by atomic mass is 19.4. The maximum atomic E-state index is 12.8. The monoisotopic (exact) mass is 248 g/mol. The third kappa shape index (κ3) is 2.33. The Hall–Kier alpha value is -2.35. The summed E-state index contributed by atoms with van der Waals surface area (Å²) in [4.78, 5) is 3.77. The van der Waals surface area contributed by atoms with Gasteiger partial charge in [-0.2, -0.15) is 18.4 Å². The van der Waals surface area contributed by atoms with Gasteiger partial charge in [0.25, 0.3) is 0 Å². The fourth-order valence-corrected chi connectivity index (χ4v) is 1.63. The van der Waals surface area contributed by atoms with E-state index in [-0.39, 0.29) is 16.7 Å².